The monoisotopic (exact) mass is 469 g/mol. The van der Waals surface area contributed by atoms with E-state index in [4.69, 9.17) is 4.74 Å². The fraction of sp³-hybridized carbons (Fsp3) is 0.150. The number of ether oxygens (including phenoxy) is 3. The highest BCUT2D eigenvalue weighted by Crippen LogP contribution is 2.35. The van der Waals surface area contributed by atoms with E-state index in [1.165, 1.54) is 36.8 Å². The lowest BCUT2D eigenvalue weighted by atomic mass is 10.0. The molecule has 7 nitrogen and oxygen atoms in total. The fourth-order valence-electron chi connectivity index (χ4n) is 2.75. The molecule has 0 saturated carbocycles. The molecule has 11 heteroatoms. The van der Waals surface area contributed by atoms with Crippen LogP contribution >= 0.6 is 11.3 Å². The zero-order chi connectivity index (χ0) is 22.6. The highest BCUT2D eigenvalue weighted by molar-refractivity contribution is 7.93. The molecule has 1 N–H and O–H groups in total. The lowest BCUT2D eigenvalue weighted by Crippen LogP contribution is -2.16. The van der Waals surface area contributed by atoms with Crippen molar-refractivity contribution in [2.45, 2.75) is 11.5 Å². The third-order valence-corrected chi connectivity index (χ3v) is 6.59. The molecule has 2 aromatic carbocycles. The lowest BCUT2D eigenvalue weighted by molar-refractivity contribution is -0.0494. The van der Waals surface area contributed by atoms with E-state index in [0.717, 1.165) is 18.4 Å². The molecule has 0 unspecified atom stereocenters. The van der Waals surface area contributed by atoms with Gasteiger partial charge in [-0.1, -0.05) is 12.1 Å². The van der Waals surface area contributed by atoms with Crippen LogP contribution in [0.1, 0.15) is 9.67 Å². The van der Waals surface area contributed by atoms with Crippen LogP contribution in [0.3, 0.4) is 0 Å². The van der Waals surface area contributed by atoms with Gasteiger partial charge in [-0.15, -0.1) is 11.3 Å². The number of halogens is 2. The summed E-state index contributed by atoms with van der Waals surface area (Å²) in [6, 6.07) is 11.7. The minimum absolute atomic E-state index is 0.0805. The van der Waals surface area contributed by atoms with Gasteiger partial charge >= 0.3 is 12.6 Å². The number of hydrogen-bond donors (Lipinski definition) is 1. The normalized spacial score (nSPS) is 11.3. The predicted octanol–water partition coefficient (Wildman–Crippen LogP) is 4.61. The third kappa shape index (κ3) is 5.12. The van der Waals surface area contributed by atoms with E-state index >= 15 is 0 Å². The Labute approximate surface area is 181 Å². The molecule has 0 amide bonds. The first-order valence-corrected chi connectivity index (χ1v) is 11.0. The van der Waals surface area contributed by atoms with Gasteiger partial charge in [-0.05, 0) is 47.3 Å². The van der Waals surface area contributed by atoms with E-state index in [1.807, 2.05) is 0 Å². The highest BCUT2D eigenvalue weighted by atomic mass is 32.2. The molecule has 0 saturated heterocycles. The number of esters is 1. The van der Waals surface area contributed by atoms with Crippen LogP contribution in [-0.2, 0) is 14.8 Å². The Hall–Kier alpha value is -3.18. The summed E-state index contributed by atoms with van der Waals surface area (Å²) in [6.45, 7) is -3.06. The summed E-state index contributed by atoms with van der Waals surface area (Å²) < 4.78 is 68.0. The number of benzene rings is 2. The van der Waals surface area contributed by atoms with Crippen molar-refractivity contribution >= 4 is 33.0 Å². The maximum absolute atomic E-state index is 12.8. The van der Waals surface area contributed by atoms with Crippen molar-refractivity contribution in [3.8, 4) is 22.6 Å². The zero-order valence-electron chi connectivity index (χ0n) is 16.3. The molecular formula is C20H17F2NO6S2. The summed E-state index contributed by atoms with van der Waals surface area (Å²) in [5.74, 6) is -0.353. The summed E-state index contributed by atoms with van der Waals surface area (Å²) in [4.78, 5) is 11.5. The van der Waals surface area contributed by atoms with Crippen molar-refractivity contribution in [1.82, 2.24) is 0 Å². The van der Waals surface area contributed by atoms with Gasteiger partial charge in [0.15, 0.2) is 0 Å². The van der Waals surface area contributed by atoms with Gasteiger partial charge in [-0.2, -0.15) is 8.78 Å². The molecule has 0 aliphatic carbocycles. The molecule has 0 aliphatic heterocycles. The molecule has 0 aliphatic rings. The largest absolute Gasteiger partial charge is 0.497 e. The molecule has 3 aromatic rings. The summed E-state index contributed by atoms with van der Waals surface area (Å²) in [7, 11) is -1.51. The van der Waals surface area contributed by atoms with E-state index < -0.39 is 22.6 Å². The minimum Gasteiger partial charge on any atom is -0.497 e. The maximum atomic E-state index is 12.8. The molecular weight excluding hydrogens is 452 g/mol. The number of hydrogen-bond acceptors (Lipinski definition) is 7. The second-order valence-corrected chi connectivity index (χ2v) is 8.60. The van der Waals surface area contributed by atoms with Crippen molar-refractivity contribution in [3.05, 3.63) is 58.8 Å². The summed E-state index contributed by atoms with van der Waals surface area (Å²) in [6.07, 6.45) is 0. The number of thiophene rings is 1. The molecule has 0 radical (unpaired) electrons. The van der Waals surface area contributed by atoms with Crippen LogP contribution in [0, 0.1) is 0 Å². The molecule has 1 heterocycles. The minimum atomic E-state index is -4.15. The molecule has 1 aromatic heterocycles. The Morgan fingerprint density at radius 2 is 1.77 bits per heavy atom. The van der Waals surface area contributed by atoms with Crippen molar-refractivity contribution in [2.24, 2.45) is 0 Å². The number of rotatable bonds is 8. The standard InChI is InChI=1S/C20H17F2NO6S2/c1-27-14-6-3-12(4-7-14)15-11-13(5-8-16(15)29-20(21)22)23-31(25,26)17-9-10-30-18(17)19(24)28-2/h3-11,20,23H,1-2H3. The summed E-state index contributed by atoms with van der Waals surface area (Å²) in [5, 5.41) is 1.45. The van der Waals surface area contributed by atoms with Gasteiger partial charge in [-0.3, -0.25) is 4.72 Å². The lowest BCUT2D eigenvalue weighted by Gasteiger charge is -2.14. The summed E-state index contributed by atoms with van der Waals surface area (Å²) in [5.41, 5.74) is 0.833. The van der Waals surface area contributed by atoms with Gasteiger partial charge in [0.1, 0.15) is 21.3 Å². The highest BCUT2D eigenvalue weighted by Gasteiger charge is 2.25. The number of carbonyl (C=O) groups excluding carboxylic acids is 1. The molecule has 31 heavy (non-hydrogen) atoms. The van der Waals surface area contributed by atoms with Gasteiger partial charge in [0.2, 0.25) is 0 Å². The van der Waals surface area contributed by atoms with E-state index in [9.17, 15) is 22.0 Å². The average Bonchev–Trinajstić information content (AvgIpc) is 3.25. The quantitative estimate of drug-likeness (QED) is 0.485. The van der Waals surface area contributed by atoms with Crippen molar-refractivity contribution in [2.75, 3.05) is 18.9 Å². The topological polar surface area (TPSA) is 90.9 Å². The van der Waals surface area contributed by atoms with E-state index in [1.54, 1.807) is 24.3 Å². The SMILES string of the molecule is COC(=O)c1sccc1S(=O)(=O)Nc1ccc(OC(F)F)c(-c2ccc(OC)cc2)c1. The Morgan fingerprint density at radius 1 is 1.06 bits per heavy atom. The Balaban J connectivity index is 2.00. The molecule has 0 atom stereocenters. The van der Waals surface area contributed by atoms with E-state index in [0.29, 0.717) is 11.3 Å². The number of methoxy groups -OCH3 is 2. The Bertz CT molecular complexity index is 1180. The van der Waals surface area contributed by atoms with Gasteiger partial charge in [-0.25, -0.2) is 13.2 Å². The van der Waals surface area contributed by atoms with Crippen molar-refractivity contribution < 1.29 is 36.2 Å². The molecule has 0 fully saturated rings. The maximum Gasteiger partial charge on any atom is 0.387 e. The number of carbonyl (C=O) groups is 1. The van der Waals surface area contributed by atoms with Crippen molar-refractivity contribution in [1.29, 1.82) is 0 Å². The molecule has 3 rings (SSSR count). The van der Waals surface area contributed by atoms with Crippen LogP contribution in [0.25, 0.3) is 11.1 Å². The first-order valence-electron chi connectivity index (χ1n) is 8.67. The Morgan fingerprint density at radius 3 is 2.39 bits per heavy atom. The summed E-state index contributed by atoms with van der Waals surface area (Å²) >= 11 is 0.924. The van der Waals surface area contributed by atoms with Crippen LogP contribution in [0.2, 0.25) is 0 Å². The first kappa shape index (κ1) is 22.5. The average molecular weight is 469 g/mol. The van der Waals surface area contributed by atoms with Gasteiger partial charge in [0.25, 0.3) is 10.0 Å². The van der Waals surface area contributed by atoms with Crippen molar-refractivity contribution in [3.63, 3.8) is 0 Å². The second kappa shape index (κ2) is 9.31. The predicted molar refractivity (Wildman–Crippen MR) is 112 cm³/mol. The van der Waals surface area contributed by atoms with E-state index in [2.05, 4.69) is 14.2 Å². The van der Waals surface area contributed by atoms with Crippen LogP contribution in [0.15, 0.2) is 58.8 Å². The van der Waals surface area contributed by atoms with Crippen LogP contribution in [0.5, 0.6) is 11.5 Å². The molecule has 0 bridgehead atoms. The fourth-order valence-corrected chi connectivity index (χ4v) is 5.13. The van der Waals surface area contributed by atoms with Gasteiger partial charge in [0.05, 0.1) is 14.2 Å². The zero-order valence-corrected chi connectivity index (χ0v) is 17.9. The number of anilines is 1. The van der Waals surface area contributed by atoms with Crippen LogP contribution in [0.4, 0.5) is 14.5 Å². The smallest absolute Gasteiger partial charge is 0.387 e. The van der Waals surface area contributed by atoms with Crippen LogP contribution < -0.4 is 14.2 Å². The van der Waals surface area contributed by atoms with Gasteiger partial charge in [0, 0.05) is 11.3 Å². The molecule has 164 valence electrons. The first-order chi connectivity index (χ1) is 14.7. The number of nitrogens with one attached hydrogen (secondary N) is 1. The number of alkyl halides is 2. The number of sulfonamides is 1. The molecule has 0 spiro atoms. The second-order valence-electron chi connectivity index (χ2n) is 6.03. The third-order valence-electron chi connectivity index (χ3n) is 4.14. The van der Waals surface area contributed by atoms with Crippen LogP contribution in [-0.4, -0.2) is 35.2 Å². The van der Waals surface area contributed by atoms with E-state index in [-0.39, 0.29) is 26.8 Å². The Kier molecular flexibility index (Phi) is 6.76. The van der Waals surface area contributed by atoms with Gasteiger partial charge < -0.3 is 14.2 Å².